The fourth-order valence-corrected chi connectivity index (χ4v) is 6.54. The summed E-state index contributed by atoms with van der Waals surface area (Å²) >= 11 is 4.84. The molecule has 0 radical (unpaired) electrons. The molecule has 1 saturated heterocycles. The fraction of sp³-hybridized carbons (Fsp3) is 0.409. The number of rotatable bonds is 5. The van der Waals surface area contributed by atoms with Crippen LogP contribution in [0.5, 0.6) is 0 Å². The molecule has 7 nitrogen and oxygen atoms in total. The molecular formula is C22H21ClFN3O4S. The molecule has 2 atom stereocenters. The maximum absolute atomic E-state index is 13.5. The Bertz CT molecular complexity index is 1190. The van der Waals surface area contributed by atoms with Crippen molar-refractivity contribution < 1.29 is 23.3 Å². The van der Waals surface area contributed by atoms with E-state index in [9.17, 15) is 23.3 Å². The first kappa shape index (κ1) is 21.5. The Labute approximate surface area is 191 Å². The largest absolute Gasteiger partial charge is 0.616 e. The number of halogens is 2. The van der Waals surface area contributed by atoms with E-state index in [0.29, 0.717) is 46.5 Å². The number of anilines is 1. The first-order valence-corrected chi connectivity index (χ1v) is 12.2. The molecule has 10 heteroatoms. The molecule has 2 aliphatic heterocycles. The number of ketones is 1. The normalized spacial score (nSPS) is 27.2. The van der Waals surface area contributed by atoms with Gasteiger partial charge in [-0.2, -0.15) is 0 Å². The van der Waals surface area contributed by atoms with Crippen LogP contribution in [-0.4, -0.2) is 43.8 Å². The van der Waals surface area contributed by atoms with E-state index in [1.807, 2.05) is 4.57 Å². The van der Waals surface area contributed by atoms with Crippen molar-refractivity contribution in [1.82, 2.24) is 9.88 Å². The number of nitrogens with one attached hydrogen (secondary N) is 2. The smallest absolute Gasteiger partial charge is 0.293 e. The third-order valence-electron chi connectivity index (χ3n) is 6.42. The second-order valence-electron chi connectivity index (χ2n) is 9.09. The molecule has 168 valence electrons. The lowest BCUT2D eigenvalue weighted by atomic mass is 10.0. The van der Waals surface area contributed by atoms with Crippen LogP contribution in [0.1, 0.15) is 51.5 Å². The summed E-state index contributed by atoms with van der Waals surface area (Å²) in [7, 11) is 0. The lowest BCUT2D eigenvalue weighted by Crippen LogP contribution is -2.64. The molecule has 2 fully saturated rings. The molecule has 2 aromatic rings. The van der Waals surface area contributed by atoms with Gasteiger partial charge in [0.15, 0.2) is 0 Å². The molecule has 1 saturated carbocycles. The number of amides is 2. The zero-order valence-electron chi connectivity index (χ0n) is 17.5. The van der Waals surface area contributed by atoms with Gasteiger partial charge in [0.05, 0.1) is 10.6 Å². The van der Waals surface area contributed by atoms with Crippen LogP contribution in [-0.2, 0) is 22.4 Å². The molecule has 2 unspecified atom stereocenters. The molecule has 1 aromatic heterocycles. The van der Waals surface area contributed by atoms with Crippen LogP contribution in [0.2, 0.25) is 5.02 Å². The van der Waals surface area contributed by atoms with Gasteiger partial charge in [-0.3, -0.25) is 14.4 Å². The Balaban J connectivity index is 1.45. The van der Waals surface area contributed by atoms with E-state index in [1.54, 1.807) is 13.8 Å². The van der Waals surface area contributed by atoms with E-state index >= 15 is 0 Å². The van der Waals surface area contributed by atoms with E-state index in [4.69, 9.17) is 11.6 Å². The summed E-state index contributed by atoms with van der Waals surface area (Å²) in [5, 5.41) is 5.32. The fourth-order valence-electron chi connectivity index (χ4n) is 4.88. The average molecular weight is 478 g/mol. The number of carbonyl (C=O) groups is 3. The second-order valence-corrected chi connectivity index (χ2v) is 11.0. The number of aromatic nitrogens is 1. The number of Topliss-reactive ketones (excluding diaryl/α,β-unsaturated/α-hetero) is 1. The lowest BCUT2D eigenvalue weighted by molar-refractivity contribution is -0.118. The third kappa shape index (κ3) is 3.43. The summed E-state index contributed by atoms with van der Waals surface area (Å²) in [6, 6.07) is 4.03. The molecule has 5 rings (SSSR count). The van der Waals surface area contributed by atoms with Crippen molar-refractivity contribution in [2.75, 3.05) is 16.8 Å². The van der Waals surface area contributed by atoms with Gasteiger partial charge in [-0.15, -0.1) is 0 Å². The molecule has 2 amide bonds. The molecule has 0 spiro atoms. The van der Waals surface area contributed by atoms with Crippen LogP contribution in [0, 0.1) is 18.7 Å². The van der Waals surface area contributed by atoms with Crippen molar-refractivity contribution in [3.63, 3.8) is 0 Å². The lowest BCUT2D eigenvalue weighted by Gasteiger charge is -2.39. The van der Waals surface area contributed by atoms with Crippen LogP contribution in [0.15, 0.2) is 18.2 Å². The monoisotopic (exact) mass is 477 g/mol. The highest BCUT2D eigenvalue weighted by Crippen LogP contribution is 2.54. The zero-order chi connectivity index (χ0) is 22.9. The SMILES string of the molecule is Cc1c(C(=O)C(=O)NC2(C)C[S+]([O-])C2)c2n(c1C(=O)Nc1ccc(F)c(Cl)c1)C1CC1C2. The van der Waals surface area contributed by atoms with Crippen LogP contribution >= 0.6 is 11.6 Å². The Hall–Kier alpha value is -2.36. The number of hydrogen-bond donors (Lipinski definition) is 2. The van der Waals surface area contributed by atoms with Gasteiger partial charge in [0.2, 0.25) is 0 Å². The van der Waals surface area contributed by atoms with Gasteiger partial charge < -0.3 is 19.8 Å². The number of hydrogen-bond acceptors (Lipinski definition) is 4. The standard InChI is InChI=1S/C22H21ClFN3O4S/c1-10-17(19(28)21(30)26-22(2)8-32(31)9-22)16-6-11-5-15(11)27(16)18(10)20(29)25-12-3-4-14(24)13(23)7-12/h3-4,7,11,15H,5-6,8-9H2,1-2H3,(H,25,29)(H,26,30). The van der Waals surface area contributed by atoms with Crippen LogP contribution in [0.4, 0.5) is 10.1 Å². The minimum absolute atomic E-state index is 0.111. The quantitative estimate of drug-likeness (QED) is 0.392. The van der Waals surface area contributed by atoms with Gasteiger partial charge in [-0.1, -0.05) is 11.6 Å². The first-order valence-electron chi connectivity index (χ1n) is 10.3. The molecule has 1 aromatic carbocycles. The highest BCUT2D eigenvalue weighted by Gasteiger charge is 2.51. The number of benzene rings is 1. The Kier molecular flexibility index (Phi) is 4.92. The second kappa shape index (κ2) is 7.33. The Morgan fingerprint density at radius 2 is 2.03 bits per heavy atom. The predicted molar refractivity (Wildman–Crippen MR) is 118 cm³/mol. The maximum atomic E-state index is 13.5. The van der Waals surface area contributed by atoms with Crippen molar-refractivity contribution in [3.05, 3.63) is 51.6 Å². The average Bonchev–Trinajstić information content (AvgIpc) is 3.27. The van der Waals surface area contributed by atoms with Gasteiger partial charge in [-0.05, 0) is 67.5 Å². The first-order chi connectivity index (χ1) is 15.1. The van der Waals surface area contributed by atoms with Crippen molar-refractivity contribution in [2.24, 2.45) is 5.92 Å². The third-order valence-corrected chi connectivity index (χ3v) is 8.63. The molecule has 1 aliphatic carbocycles. The predicted octanol–water partition coefficient (Wildman–Crippen LogP) is 2.78. The molecular weight excluding hydrogens is 457 g/mol. The van der Waals surface area contributed by atoms with Crippen LogP contribution in [0.25, 0.3) is 0 Å². The van der Waals surface area contributed by atoms with Crippen molar-refractivity contribution in [2.45, 2.75) is 38.3 Å². The van der Waals surface area contributed by atoms with Crippen molar-refractivity contribution in [1.29, 1.82) is 0 Å². The van der Waals surface area contributed by atoms with Crippen molar-refractivity contribution in [3.8, 4) is 0 Å². The van der Waals surface area contributed by atoms with E-state index in [0.717, 1.165) is 12.5 Å². The maximum Gasteiger partial charge on any atom is 0.293 e. The van der Waals surface area contributed by atoms with E-state index in [1.165, 1.54) is 12.1 Å². The van der Waals surface area contributed by atoms with E-state index in [2.05, 4.69) is 10.6 Å². The van der Waals surface area contributed by atoms with Crippen molar-refractivity contribution >= 4 is 46.1 Å². The number of carbonyl (C=O) groups excluding carboxylic acids is 3. The minimum Gasteiger partial charge on any atom is -0.616 e. The van der Waals surface area contributed by atoms with Crippen LogP contribution in [0.3, 0.4) is 0 Å². The summed E-state index contributed by atoms with van der Waals surface area (Å²) in [6.45, 7) is 3.42. The summed E-state index contributed by atoms with van der Waals surface area (Å²) in [6.07, 6.45) is 1.56. The number of nitrogens with zero attached hydrogens (tertiary/aromatic N) is 1. The van der Waals surface area contributed by atoms with Gasteiger partial charge in [0.25, 0.3) is 17.6 Å². The summed E-state index contributed by atoms with van der Waals surface area (Å²) < 4.78 is 26.8. The van der Waals surface area contributed by atoms with Gasteiger partial charge in [0, 0.05) is 17.4 Å². The molecule has 0 bridgehead atoms. The van der Waals surface area contributed by atoms with Gasteiger partial charge in [-0.25, -0.2) is 4.39 Å². The summed E-state index contributed by atoms with van der Waals surface area (Å²) in [5.74, 6) is -1.48. The van der Waals surface area contributed by atoms with E-state index < -0.39 is 40.1 Å². The zero-order valence-corrected chi connectivity index (χ0v) is 19.0. The van der Waals surface area contributed by atoms with Gasteiger partial charge in [0.1, 0.15) is 28.6 Å². The minimum atomic E-state index is -0.979. The van der Waals surface area contributed by atoms with Crippen LogP contribution < -0.4 is 10.6 Å². The Morgan fingerprint density at radius 1 is 1.31 bits per heavy atom. The highest BCUT2D eigenvalue weighted by atomic mass is 35.5. The summed E-state index contributed by atoms with van der Waals surface area (Å²) in [4.78, 5) is 39.0. The number of fused-ring (bicyclic) bond motifs is 3. The topological polar surface area (TPSA) is 103 Å². The highest BCUT2D eigenvalue weighted by molar-refractivity contribution is 7.93. The van der Waals surface area contributed by atoms with E-state index in [-0.39, 0.29) is 16.6 Å². The molecule has 32 heavy (non-hydrogen) atoms. The summed E-state index contributed by atoms with van der Waals surface area (Å²) in [5.41, 5.74) is 1.42. The molecule has 3 aliphatic rings. The Morgan fingerprint density at radius 3 is 2.69 bits per heavy atom. The van der Waals surface area contributed by atoms with Gasteiger partial charge >= 0.3 is 0 Å². The molecule has 3 heterocycles. The molecule has 2 N–H and O–H groups in total.